The summed E-state index contributed by atoms with van der Waals surface area (Å²) in [7, 11) is 2.44. The Bertz CT molecular complexity index is 1100. The van der Waals surface area contributed by atoms with Crippen molar-refractivity contribution in [1.29, 1.82) is 0 Å². The number of hydrogen-bond donors (Lipinski definition) is 0. The van der Waals surface area contributed by atoms with E-state index in [9.17, 15) is 14.4 Å². The number of benzene rings is 2. The Morgan fingerprint density at radius 1 is 1.00 bits per heavy atom. The van der Waals surface area contributed by atoms with E-state index in [2.05, 4.69) is 6.07 Å². The molecule has 1 amide bonds. The summed E-state index contributed by atoms with van der Waals surface area (Å²) in [6, 6.07) is 16.6. The summed E-state index contributed by atoms with van der Waals surface area (Å²) in [4.78, 5) is 38.8. The third kappa shape index (κ3) is 5.21. The standard InChI is InChI=1S/C26H27NO7S/c1-31-25(29)23(27(16-28)18-8-4-3-5-9-18)24(26(30)32-2)35-15-17-12-33-13-20(17)21-14-34-22-11-7-6-10-19(21)22/h3-11,16-17,20-21H,12-15H2,1-2H3/b24-23-. The highest BCUT2D eigenvalue weighted by Gasteiger charge is 2.40. The molecule has 2 aliphatic rings. The molecule has 8 nitrogen and oxygen atoms in total. The molecule has 2 aromatic carbocycles. The van der Waals surface area contributed by atoms with E-state index in [1.807, 2.05) is 18.2 Å². The van der Waals surface area contributed by atoms with Crippen molar-refractivity contribution in [3.05, 3.63) is 70.8 Å². The molecule has 0 aliphatic carbocycles. The lowest BCUT2D eigenvalue weighted by atomic mass is 9.82. The molecule has 3 unspecified atom stereocenters. The maximum atomic E-state index is 12.8. The van der Waals surface area contributed by atoms with Crippen LogP contribution in [-0.2, 0) is 28.6 Å². The van der Waals surface area contributed by atoms with E-state index in [1.54, 1.807) is 30.3 Å². The van der Waals surface area contributed by atoms with Gasteiger partial charge in [0.15, 0.2) is 5.70 Å². The van der Waals surface area contributed by atoms with Gasteiger partial charge in [-0.2, -0.15) is 0 Å². The zero-order valence-electron chi connectivity index (χ0n) is 19.5. The molecule has 35 heavy (non-hydrogen) atoms. The van der Waals surface area contributed by atoms with Crippen LogP contribution >= 0.6 is 11.8 Å². The minimum absolute atomic E-state index is 0.00373. The minimum Gasteiger partial charge on any atom is -0.493 e. The summed E-state index contributed by atoms with van der Waals surface area (Å²) in [6.07, 6.45) is 0.485. The van der Waals surface area contributed by atoms with E-state index >= 15 is 0 Å². The van der Waals surface area contributed by atoms with Gasteiger partial charge in [-0.1, -0.05) is 36.4 Å². The highest BCUT2D eigenvalue weighted by Crippen LogP contribution is 2.44. The highest BCUT2D eigenvalue weighted by atomic mass is 32.2. The van der Waals surface area contributed by atoms with E-state index in [1.165, 1.54) is 26.0 Å². The van der Waals surface area contributed by atoms with Gasteiger partial charge in [-0.3, -0.25) is 9.69 Å². The predicted octanol–water partition coefficient (Wildman–Crippen LogP) is 3.38. The molecule has 0 aromatic heterocycles. The van der Waals surface area contributed by atoms with Gasteiger partial charge in [-0.05, 0) is 30.0 Å². The van der Waals surface area contributed by atoms with Crippen LogP contribution in [0.3, 0.4) is 0 Å². The van der Waals surface area contributed by atoms with Crippen molar-refractivity contribution < 1.29 is 33.3 Å². The molecule has 0 bridgehead atoms. The first-order chi connectivity index (χ1) is 17.1. The molecular formula is C26H27NO7S. The van der Waals surface area contributed by atoms with Gasteiger partial charge in [0.25, 0.3) is 0 Å². The smallest absolute Gasteiger partial charge is 0.356 e. The van der Waals surface area contributed by atoms with Crippen LogP contribution in [0.1, 0.15) is 11.5 Å². The van der Waals surface area contributed by atoms with Gasteiger partial charge in [0.1, 0.15) is 10.7 Å². The number of ether oxygens (including phenoxy) is 4. The Morgan fingerprint density at radius 2 is 1.71 bits per heavy atom. The van der Waals surface area contributed by atoms with Crippen LogP contribution in [0.15, 0.2) is 65.2 Å². The largest absolute Gasteiger partial charge is 0.493 e. The number of anilines is 1. The average molecular weight is 498 g/mol. The number of thioether (sulfide) groups is 1. The van der Waals surface area contributed by atoms with Gasteiger partial charge in [-0.25, -0.2) is 9.59 Å². The van der Waals surface area contributed by atoms with Crippen LogP contribution < -0.4 is 9.64 Å². The van der Waals surface area contributed by atoms with Gasteiger partial charge in [0.2, 0.25) is 6.41 Å². The number of methoxy groups -OCH3 is 2. The van der Waals surface area contributed by atoms with E-state index in [0.29, 0.717) is 37.7 Å². The fourth-order valence-electron chi connectivity index (χ4n) is 4.51. The number of nitrogens with zero attached hydrogens (tertiary/aromatic N) is 1. The maximum Gasteiger partial charge on any atom is 0.356 e. The fraction of sp³-hybridized carbons (Fsp3) is 0.346. The second kappa shape index (κ2) is 11.4. The Morgan fingerprint density at radius 3 is 2.43 bits per heavy atom. The second-order valence-corrected chi connectivity index (χ2v) is 9.23. The molecule has 2 aliphatic heterocycles. The highest BCUT2D eigenvalue weighted by molar-refractivity contribution is 8.04. The van der Waals surface area contributed by atoms with Crippen molar-refractivity contribution in [3.63, 3.8) is 0 Å². The topological polar surface area (TPSA) is 91.4 Å². The van der Waals surface area contributed by atoms with Crippen LogP contribution in [0, 0.1) is 11.8 Å². The Hall–Kier alpha value is -3.30. The quantitative estimate of drug-likeness (QED) is 0.296. The van der Waals surface area contributed by atoms with Crippen LogP contribution in [0.5, 0.6) is 5.75 Å². The molecule has 4 rings (SSSR count). The van der Waals surface area contributed by atoms with Crippen molar-refractivity contribution in [2.75, 3.05) is 44.7 Å². The first-order valence-corrected chi connectivity index (χ1v) is 12.2. The number of hydrogen-bond acceptors (Lipinski definition) is 8. The van der Waals surface area contributed by atoms with Crippen molar-refractivity contribution >= 4 is 35.8 Å². The molecule has 1 fully saturated rings. The average Bonchev–Trinajstić information content (AvgIpc) is 3.54. The lowest BCUT2D eigenvalue weighted by Gasteiger charge is -2.24. The van der Waals surface area contributed by atoms with E-state index < -0.39 is 11.9 Å². The molecule has 1 saturated heterocycles. The van der Waals surface area contributed by atoms with Crippen molar-refractivity contribution in [1.82, 2.24) is 0 Å². The monoisotopic (exact) mass is 497 g/mol. The molecule has 3 atom stereocenters. The van der Waals surface area contributed by atoms with E-state index in [4.69, 9.17) is 18.9 Å². The lowest BCUT2D eigenvalue weighted by molar-refractivity contribution is -0.139. The molecule has 0 radical (unpaired) electrons. The van der Waals surface area contributed by atoms with Gasteiger partial charge < -0.3 is 18.9 Å². The lowest BCUT2D eigenvalue weighted by Crippen LogP contribution is -2.30. The number of esters is 2. The van der Waals surface area contributed by atoms with Crippen molar-refractivity contribution in [2.24, 2.45) is 11.8 Å². The summed E-state index contributed by atoms with van der Waals surface area (Å²) in [5.74, 6) is 0.302. The molecule has 184 valence electrons. The normalized spacial score (nSPS) is 21.4. The van der Waals surface area contributed by atoms with Crippen LogP contribution in [0.4, 0.5) is 5.69 Å². The van der Waals surface area contributed by atoms with Gasteiger partial charge in [0.05, 0.1) is 34.0 Å². The number of carbonyl (C=O) groups is 3. The molecule has 2 aromatic rings. The predicted molar refractivity (Wildman–Crippen MR) is 131 cm³/mol. The third-order valence-corrected chi connectivity index (χ3v) is 7.53. The first-order valence-electron chi connectivity index (χ1n) is 11.2. The number of rotatable bonds is 9. The van der Waals surface area contributed by atoms with Crippen molar-refractivity contribution in [2.45, 2.75) is 5.92 Å². The molecular weight excluding hydrogens is 470 g/mol. The zero-order chi connectivity index (χ0) is 24.8. The van der Waals surface area contributed by atoms with E-state index in [-0.39, 0.29) is 28.4 Å². The van der Waals surface area contributed by atoms with Crippen LogP contribution in [0.25, 0.3) is 0 Å². The molecule has 2 heterocycles. The minimum atomic E-state index is -0.814. The number of carbonyl (C=O) groups excluding carboxylic acids is 3. The number of fused-ring (bicyclic) bond motifs is 1. The Labute approximate surface area is 208 Å². The molecule has 9 heteroatoms. The van der Waals surface area contributed by atoms with E-state index in [0.717, 1.165) is 16.2 Å². The number of para-hydroxylation sites is 2. The summed E-state index contributed by atoms with van der Waals surface area (Å²) >= 11 is 1.17. The Balaban J connectivity index is 1.63. The molecule has 0 spiro atoms. The summed E-state index contributed by atoms with van der Waals surface area (Å²) in [5, 5.41) is 0. The Kier molecular flexibility index (Phi) is 8.09. The summed E-state index contributed by atoms with van der Waals surface area (Å²) in [6.45, 7) is 1.68. The van der Waals surface area contributed by atoms with Crippen LogP contribution in [0.2, 0.25) is 0 Å². The zero-order valence-corrected chi connectivity index (χ0v) is 20.4. The second-order valence-electron chi connectivity index (χ2n) is 8.20. The molecule has 0 N–H and O–H groups in total. The van der Waals surface area contributed by atoms with Gasteiger partial charge in [-0.15, -0.1) is 11.8 Å². The maximum absolute atomic E-state index is 12.8. The third-order valence-electron chi connectivity index (χ3n) is 6.29. The summed E-state index contributed by atoms with van der Waals surface area (Å²) in [5.41, 5.74) is 1.40. The summed E-state index contributed by atoms with van der Waals surface area (Å²) < 4.78 is 21.6. The van der Waals surface area contributed by atoms with Gasteiger partial charge in [0, 0.05) is 22.9 Å². The van der Waals surface area contributed by atoms with Gasteiger partial charge >= 0.3 is 11.9 Å². The number of amides is 1. The van der Waals surface area contributed by atoms with Crippen molar-refractivity contribution in [3.8, 4) is 5.75 Å². The SMILES string of the molecule is COC(=O)/C(SCC1COCC1C1COc2ccccc21)=C(\C(=O)OC)N(C=O)c1ccccc1. The fourth-order valence-corrected chi connectivity index (χ4v) is 5.75. The molecule has 0 saturated carbocycles. The van der Waals surface area contributed by atoms with Crippen LogP contribution in [-0.4, -0.2) is 58.1 Å². The first kappa shape index (κ1) is 24.8.